The Morgan fingerprint density at radius 3 is 2.45 bits per heavy atom. The molecule has 4 heteroatoms. The summed E-state index contributed by atoms with van der Waals surface area (Å²) >= 11 is 6.55. The van der Waals surface area contributed by atoms with Gasteiger partial charge in [0.2, 0.25) is 5.52 Å². The van der Waals surface area contributed by atoms with Gasteiger partial charge in [-0.1, -0.05) is 35.9 Å². The van der Waals surface area contributed by atoms with E-state index in [2.05, 4.69) is 0 Å². The van der Waals surface area contributed by atoms with Crippen LogP contribution in [0.5, 0.6) is 0 Å². The maximum absolute atomic E-state index is 12.7. The van der Waals surface area contributed by atoms with E-state index in [1.54, 1.807) is 6.07 Å². The Morgan fingerprint density at radius 2 is 1.65 bits per heavy atom. The molecule has 98 valence electrons. The first-order chi connectivity index (χ1) is 9.70. The van der Waals surface area contributed by atoms with Crippen molar-refractivity contribution < 1.29 is 4.73 Å². The second-order valence-corrected chi connectivity index (χ2v) is 5.28. The third-order valence-corrected chi connectivity index (χ3v) is 4.23. The molecule has 3 nitrogen and oxygen atoms in total. The number of nitrogens with zero attached hydrogens (tertiary/aromatic N) is 2. The van der Waals surface area contributed by atoms with Gasteiger partial charge in [0.15, 0.2) is 0 Å². The molecule has 0 fully saturated rings. The standard InChI is InChI=1S/C16H11ClN2O/c1-18-12-8-4-3-7-11(12)15-16(18)14(17)10-6-2-5-9-13(10)19(15)20/h2-9H,1H3. The number of hydrogen-bond donors (Lipinski definition) is 0. The Bertz CT molecular complexity index is 988. The van der Waals surface area contributed by atoms with Crippen molar-refractivity contribution in [2.45, 2.75) is 0 Å². The van der Waals surface area contributed by atoms with Gasteiger partial charge < -0.3 is 9.77 Å². The zero-order chi connectivity index (χ0) is 13.9. The fourth-order valence-electron chi connectivity index (χ4n) is 2.91. The van der Waals surface area contributed by atoms with Gasteiger partial charge >= 0.3 is 0 Å². The number of para-hydroxylation sites is 2. The number of pyridine rings is 1. The van der Waals surface area contributed by atoms with Crippen LogP contribution in [0, 0.1) is 5.21 Å². The molecule has 0 spiro atoms. The lowest BCUT2D eigenvalue weighted by atomic mass is 10.1. The van der Waals surface area contributed by atoms with Crippen molar-refractivity contribution in [2.24, 2.45) is 7.05 Å². The topological polar surface area (TPSA) is 31.9 Å². The van der Waals surface area contributed by atoms with Gasteiger partial charge in [-0.2, -0.15) is 4.73 Å². The first kappa shape index (κ1) is 11.6. The van der Waals surface area contributed by atoms with Gasteiger partial charge in [0.25, 0.3) is 5.52 Å². The average Bonchev–Trinajstić information content (AvgIpc) is 2.79. The third kappa shape index (κ3) is 1.28. The molecule has 0 amide bonds. The Labute approximate surface area is 120 Å². The first-order valence-corrected chi connectivity index (χ1v) is 6.75. The highest BCUT2D eigenvalue weighted by molar-refractivity contribution is 6.40. The Kier molecular flexibility index (Phi) is 2.24. The van der Waals surface area contributed by atoms with Gasteiger partial charge in [-0.25, -0.2) is 0 Å². The van der Waals surface area contributed by atoms with Crippen LogP contribution in [-0.4, -0.2) is 4.57 Å². The summed E-state index contributed by atoms with van der Waals surface area (Å²) in [4.78, 5) is 0. The molecule has 0 bridgehead atoms. The highest BCUT2D eigenvalue weighted by Crippen LogP contribution is 2.34. The van der Waals surface area contributed by atoms with Crippen LogP contribution in [0.3, 0.4) is 0 Å². The fraction of sp³-hybridized carbons (Fsp3) is 0.0625. The Morgan fingerprint density at radius 1 is 1.00 bits per heavy atom. The zero-order valence-corrected chi connectivity index (χ0v) is 11.6. The van der Waals surface area contributed by atoms with Crippen molar-refractivity contribution in [3.05, 3.63) is 58.8 Å². The van der Waals surface area contributed by atoms with Crippen LogP contribution in [0.15, 0.2) is 48.5 Å². The Hall–Kier alpha value is -2.26. The molecule has 2 aromatic heterocycles. The Balaban J connectivity index is 2.44. The summed E-state index contributed by atoms with van der Waals surface area (Å²) in [6.07, 6.45) is 0. The van der Waals surface area contributed by atoms with Crippen LogP contribution in [0.1, 0.15) is 0 Å². The summed E-state index contributed by atoms with van der Waals surface area (Å²) in [5, 5.41) is 15.0. The van der Waals surface area contributed by atoms with E-state index in [-0.39, 0.29) is 0 Å². The van der Waals surface area contributed by atoms with Gasteiger partial charge in [0.05, 0.1) is 21.3 Å². The predicted octanol–water partition coefficient (Wildman–Crippen LogP) is 3.77. The zero-order valence-electron chi connectivity index (χ0n) is 10.8. The maximum atomic E-state index is 12.7. The van der Waals surface area contributed by atoms with E-state index in [0.29, 0.717) is 16.1 Å². The van der Waals surface area contributed by atoms with Crippen molar-refractivity contribution >= 4 is 44.4 Å². The molecule has 2 heterocycles. The SMILES string of the molecule is Cn1c2ccccc2c2c1c(Cl)c1ccccc1[n+]2[O-]. The van der Waals surface area contributed by atoms with Crippen molar-refractivity contribution in [1.82, 2.24) is 4.57 Å². The summed E-state index contributed by atoms with van der Waals surface area (Å²) in [6, 6.07) is 15.3. The van der Waals surface area contributed by atoms with Crippen LogP contribution in [0.2, 0.25) is 5.02 Å². The van der Waals surface area contributed by atoms with E-state index in [1.807, 2.05) is 54.1 Å². The normalized spacial score (nSPS) is 11.7. The molecule has 0 radical (unpaired) electrons. The monoisotopic (exact) mass is 282 g/mol. The number of hydrogen-bond acceptors (Lipinski definition) is 1. The maximum Gasteiger partial charge on any atom is 0.251 e. The molecular weight excluding hydrogens is 272 g/mol. The molecule has 0 aliphatic carbocycles. The molecule has 0 aliphatic heterocycles. The first-order valence-electron chi connectivity index (χ1n) is 6.37. The lowest BCUT2D eigenvalue weighted by Crippen LogP contribution is -2.28. The quantitative estimate of drug-likeness (QED) is 0.357. The third-order valence-electron chi connectivity index (χ3n) is 3.85. The molecule has 0 aliphatic rings. The van der Waals surface area contributed by atoms with E-state index in [0.717, 1.165) is 26.5 Å². The summed E-state index contributed by atoms with van der Waals surface area (Å²) < 4.78 is 2.96. The largest absolute Gasteiger partial charge is 0.618 e. The molecule has 0 saturated heterocycles. The lowest BCUT2D eigenvalue weighted by Gasteiger charge is -2.06. The van der Waals surface area contributed by atoms with E-state index < -0.39 is 0 Å². The van der Waals surface area contributed by atoms with E-state index in [9.17, 15) is 5.21 Å². The van der Waals surface area contributed by atoms with E-state index in [1.165, 1.54) is 0 Å². The minimum Gasteiger partial charge on any atom is -0.618 e. The van der Waals surface area contributed by atoms with Crippen molar-refractivity contribution in [3.63, 3.8) is 0 Å². The van der Waals surface area contributed by atoms with Gasteiger partial charge in [-0.15, -0.1) is 0 Å². The van der Waals surface area contributed by atoms with E-state index >= 15 is 0 Å². The molecule has 2 aromatic carbocycles. The van der Waals surface area contributed by atoms with E-state index in [4.69, 9.17) is 11.6 Å². The number of halogens is 1. The smallest absolute Gasteiger partial charge is 0.251 e. The van der Waals surface area contributed by atoms with Crippen molar-refractivity contribution in [3.8, 4) is 0 Å². The summed E-state index contributed by atoms with van der Waals surface area (Å²) in [5.74, 6) is 0. The second kappa shape index (κ2) is 3.87. The van der Waals surface area contributed by atoms with Crippen LogP contribution < -0.4 is 4.73 Å². The molecule has 4 aromatic rings. The molecule has 0 N–H and O–H groups in total. The lowest BCUT2D eigenvalue weighted by molar-refractivity contribution is -0.546. The van der Waals surface area contributed by atoms with Crippen molar-refractivity contribution in [2.75, 3.05) is 0 Å². The predicted molar refractivity (Wildman–Crippen MR) is 81.9 cm³/mol. The van der Waals surface area contributed by atoms with Crippen LogP contribution in [0.4, 0.5) is 0 Å². The number of rotatable bonds is 0. The molecular formula is C16H11ClN2O. The minimum absolute atomic E-state index is 0.598. The molecule has 0 saturated carbocycles. The summed E-state index contributed by atoms with van der Waals surface area (Å²) in [6.45, 7) is 0. The highest BCUT2D eigenvalue weighted by Gasteiger charge is 2.22. The van der Waals surface area contributed by atoms with Gasteiger partial charge in [-0.05, 0) is 18.2 Å². The molecule has 0 atom stereocenters. The molecule has 4 rings (SSSR count). The number of fused-ring (bicyclic) bond motifs is 4. The van der Waals surface area contributed by atoms with Crippen LogP contribution in [0.25, 0.3) is 32.8 Å². The summed E-state index contributed by atoms with van der Waals surface area (Å²) in [5.41, 5.74) is 3.01. The van der Waals surface area contributed by atoms with Crippen LogP contribution in [-0.2, 0) is 7.05 Å². The molecule has 0 unspecified atom stereocenters. The second-order valence-electron chi connectivity index (χ2n) is 4.90. The minimum atomic E-state index is 0.598. The number of aryl methyl sites for hydroxylation is 1. The van der Waals surface area contributed by atoms with Crippen molar-refractivity contribution in [1.29, 1.82) is 0 Å². The van der Waals surface area contributed by atoms with Gasteiger partial charge in [-0.3, -0.25) is 0 Å². The van der Waals surface area contributed by atoms with Gasteiger partial charge in [0.1, 0.15) is 5.52 Å². The summed E-state index contributed by atoms with van der Waals surface area (Å²) in [7, 11) is 1.94. The van der Waals surface area contributed by atoms with Gasteiger partial charge in [0, 0.05) is 13.1 Å². The fourth-order valence-corrected chi connectivity index (χ4v) is 3.29. The highest BCUT2D eigenvalue weighted by atomic mass is 35.5. The average molecular weight is 283 g/mol. The van der Waals surface area contributed by atoms with Crippen LogP contribution >= 0.6 is 11.6 Å². The number of aromatic nitrogens is 2. The molecule has 20 heavy (non-hydrogen) atoms. The number of benzene rings is 2.